The summed E-state index contributed by atoms with van der Waals surface area (Å²) in [6.07, 6.45) is 3.99. The summed E-state index contributed by atoms with van der Waals surface area (Å²) in [6.45, 7) is 0.868. The molecule has 4 aliphatic rings. The maximum absolute atomic E-state index is 12.7. The van der Waals surface area contributed by atoms with Gasteiger partial charge in [0.05, 0.1) is 11.5 Å². The zero-order chi connectivity index (χ0) is 23.9. The molecule has 1 amide bonds. The molecule has 0 fully saturated rings. The number of non-ortho nitro benzene ring substituents is 1. The Morgan fingerprint density at radius 3 is 2.43 bits per heavy atom. The van der Waals surface area contributed by atoms with Gasteiger partial charge >= 0.3 is 0 Å². The fourth-order valence-corrected chi connectivity index (χ4v) is 5.88. The number of amides is 1. The number of carbonyl (C=O) groups excluding carboxylic acids is 1. The number of benzene rings is 3. The largest absolute Gasteiger partial charge is 0.467 e. The molecule has 7 heteroatoms. The molecule has 2 bridgehead atoms. The number of nitrogens with zero attached hydrogens (tertiary/aromatic N) is 1. The van der Waals surface area contributed by atoms with Crippen molar-refractivity contribution in [2.45, 2.75) is 24.9 Å². The fraction of sp³-hybridized carbons (Fsp3) is 0.250. The third kappa shape index (κ3) is 3.78. The van der Waals surface area contributed by atoms with Crippen LogP contribution in [0, 0.1) is 16.0 Å². The molecule has 0 aromatic heterocycles. The van der Waals surface area contributed by atoms with Gasteiger partial charge in [0.2, 0.25) is 5.91 Å². The molecule has 1 atom stereocenters. The Bertz CT molecular complexity index is 1320. The summed E-state index contributed by atoms with van der Waals surface area (Å²) in [5.41, 5.74) is 6.55. The van der Waals surface area contributed by atoms with Crippen LogP contribution in [0.1, 0.15) is 51.6 Å². The van der Waals surface area contributed by atoms with E-state index in [0.717, 1.165) is 6.42 Å². The monoisotopic (exact) mass is 468 g/mol. The molecule has 0 radical (unpaired) electrons. The number of nitro groups is 1. The molecule has 0 saturated carbocycles. The predicted octanol–water partition coefficient (Wildman–Crippen LogP) is 4.89. The van der Waals surface area contributed by atoms with Gasteiger partial charge in [0, 0.05) is 47.7 Å². The first-order chi connectivity index (χ1) is 17.1. The average Bonchev–Trinajstić information content (AvgIpc) is 2.90. The van der Waals surface area contributed by atoms with Crippen LogP contribution in [0.3, 0.4) is 0 Å². The highest BCUT2D eigenvalue weighted by Gasteiger charge is 2.42. The highest BCUT2D eigenvalue weighted by Crippen LogP contribution is 2.55. The lowest BCUT2D eigenvalue weighted by molar-refractivity contribution is -0.385. The van der Waals surface area contributed by atoms with Crippen molar-refractivity contribution in [2.75, 3.05) is 13.3 Å². The number of rotatable bonds is 5. The summed E-state index contributed by atoms with van der Waals surface area (Å²) >= 11 is 0. The van der Waals surface area contributed by atoms with E-state index in [1.54, 1.807) is 6.08 Å². The summed E-state index contributed by atoms with van der Waals surface area (Å²) in [4.78, 5) is 23.6. The van der Waals surface area contributed by atoms with E-state index in [4.69, 9.17) is 9.47 Å². The van der Waals surface area contributed by atoms with Crippen LogP contribution in [0.5, 0.6) is 5.75 Å². The van der Waals surface area contributed by atoms with E-state index in [9.17, 15) is 14.9 Å². The molecular formula is C28H24N2O5. The van der Waals surface area contributed by atoms with Gasteiger partial charge in [-0.3, -0.25) is 14.9 Å². The fourth-order valence-electron chi connectivity index (χ4n) is 5.88. The Morgan fingerprint density at radius 2 is 1.74 bits per heavy atom. The average molecular weight is 469 g/mol. The van der Waals surface area contributed by atoms with Crippen LogP contribution in [0.4, 0.5) is 5.69 Å². The molecule has 7 rings (SSSR count). The second kappa shape index (κ2) is 8.67. The molecule has 3 aromatic rings. The maximum atomic E-state index is 12.7. The first kappa shape index (κ1) is 21.6. The molecule has 1 N–H and O–H groups in total. The highest BCUT2D eigenvalue weighted by atomic mass is 16.7. The number of nitro benzene ring substituents is 1. The lowest BCUT2D eigenvalue weighted by Gasteiger charge is -2.45. The van der Waals surface area contributed by atoms with Crippen molar-refractivity contribution in [3.8, 4) is 5.75 Å². The number of fused-ring (bicyclic) bond motifs is 2. The van der Waals surface area contributed by atoms with Crippen molar-refractivity contribution >= 4 is 17.7 Å². The molecule has 35 heavy (non-hydrogen) atoms. The summed E-state index contributed by atoms with van der Waals surface area (Å²) in [5.74, 6) is 1.19. The van der Waals surface area contributed by atoms with Gasteiger partial charge < -0.3 is 14.8 Å². The first-order valence-corrected chi connectivity index (χ1v) is 11.8. The van der Waals surface area contributed by atoms with Gasteiger partial charge in [0.25, 0.3) is 5.69 Å². The van der Waals surface area contributed by atoms with E-state index in [-0.39, 0.29) is 30.9 Å². The summed E-state index contributed by atoms with van der Waals surface area (Å²) in [6, 6.07) is 20.1. The van der Waals surface area contributed by atoms with Crippen molar-refractivity contribution in [2.24, 2.45) is 5.92 Å². The van der Waals surface area contributed by atoms with Crippen LogP contribution < -0.4 is 10.1 Å². The Morgan fingerprint density at radius 1 is 1.06 bits per heavy atom. The van der Waals surface area contributed by atoms with Crippen molar-refractivity contribution in [1.29, 1.82) is 0 Å². The zero-order valence-electron chi connectivity index (χ0n) is 19.0. The third-order valence-corrected chi connectivity index (χ3v) is 7.31. The Hall–Kier alpha value is -3.97. The van der Waals surface area contributed by atoms with Crippen LogP contribution in [-0.2, 0) is 16.1 Å². The lowest BCUT2D eigenvalue weighted by Crippen LogP contribution is -2.39. The number of hydrogen-bond acceptors (Lipinski definition) is 5. The molecule has 1 aliphatic heterocycles. The molecule has 3 aliphatic carbocycles. The van der Waals surface area contributed by atoms with E-state index in [2.05, 4.69) is 53.8 Å². The van der Waals surface area contributed by atoms with E-state index < -0.39 is 4.92 Å². The van der Waals surface area contributed by atoms with Gasteiger partial charge in [-0.15, -0.1) is 0 Å². The SMILES string of the molecule is O=C(/C=C/c1cc([N+](=O)[O-])cc2c1OCOC2)NCC1CC2c3ccccc3C1c1ccccc12. The van der Waals surface area contributed by atoms with Crippen LogP contribution in [0.2, 0.25) is 0 Å². The van der Waals surface area contributed by atoms with Crippen molar-refractivity contribution in [1.82, 2.24) is 5.32 Å². The minimum absolute atomic E-state index is 0.0616. The number of hydrogen-bond donors (Lipinski definition) is 1. The summed E-state index contributed by atoms with van der Waals surface area (Å²) in [5, 5.41) is 14.4. The molecule has 1 unspecified atom stereocenters. The van der Waals surface area contributed by atoms with Gasteiger partial charge in [0.1, 0.15) is 5.75 Å². The minimum atomic E-state index is -0.458. The van der Waals surface area contributed by atoms with Crippen LogP contribution in [-0.4, -0.2) is 24.2 Å². The summed E-state index contributed by atoms with van der Waals surface area (Å²) in [7, 11) is 0. The lowest BCUT2D eigenvalue weighted by atomic mass is 9.59. The molecule has 3 aromatic carbocycles. The van der Waals surface area contributed by atoms with E-state index in [1.807, 2.05) is 0 Å². The molecule has 0 spiro atoms. The Labute approximate surface area is 202 Å². The normalized spacial score (nSPS) is 21.5. The van der Waals surface area contributed by atoms with E-state index >= 15 is 0 Å². The molecule has 0 saturated heterocycles. The number of ether oxygens (including phenoxy) is 2. The van der Waals surface area contributed by atoms with Gasteiger partial charge in [-0.25, -0.2) is 0 Å². The highest BCUT2D eigenvalue weighted by molar-refractivity contribution is 5.92. The Balaban J connectivity index is 1.20. The number of carbonyl (C=O) groups is 1. The van der Waals surface area contributed by atoms with Crippen LogP contribution in [0.25, 0.3) is 6.08 Å². The van der Waals surface area contributed by atoms with Gasteiger partial charge in [-0.2, -0.15) is 0 Å². The second-order valence-corrected chi connectivity index (χ2v) is 9.25. The van der Waals surface area contributed by atoms with Gasteiger partial charge in [-0.05, 0) is 40.7 Å². The predicted molar refractivity (Wildman–Crippen MR) is 130 cm³/mol. The standard InChI is InChI=1S/C28H24N2O5/c31-26(10-9-17-11-20(30(32)33)12-19-15-34-16-35-28(17)19)29-14-18-13-25-21-5-1-3-7-23(21)27(18)24-8-4-2-6-22(24)25/h1-12,18,25,27H,13-16H2,(H,29,31)/b10-9+. The maximum Gasteiger partial charge on any atom is 0.270 e. The minimum Gasteiger partial charge on any atom is -0.467 e. The van der Waals surface area contributed by atoms with Crippen molar-refractivity contribution < 1.29 is 19.2 Å². The molecule has 176 valence electrons. The second-order valence-electron chi connectivity index (χ2n) is 9.25. The zero-order valence-corrected chi connectivity index (χ0v) is 19.0. The van der Waals surface area contributed by atoms with Gasteiger partial charge in [-0.1, -0.05) is 48.5 Å². The van der Waals surface area contributed by atoms with Gasteiger partial charge in [0.15, 0.2) is 6.79 Å². The smallest absolute Gasteiger partial charge is 0.270 e. The van der Waals surface area contributed by atoms with Crippen molar-refractivity contribution in [3.63, 3.8) is 0 Å². The van der Waals surface area contributed by atoms with E-state index in [1.165, 1.54) is 40.5 Å². The molecule has 1 heterocycles. The molecular weight excluding hydrogens is 444 g/mol. The van der Waals surface area contributed by atoms with Crippen LogP contribution in [0.15, 0.2) is 66.7 Å². The number of nitrogens with one attached hydrogen (secondary N) is 1. The molecule has 7 nitrogen and oxygen atoms in total. The summed E-state index contributed by atoms with van der Waals surface area (Å²) < 4.78 is 10.8. The topological polar surface area (TPSA) is 90.7 Å². The van der Waals surface area contributed by atoms with Crippen LogP contribution >= 0.6 is 0 Å². The van der Waals surface area contributed by atoms with Crippen molar-refractivity contribution in [3.05, 3.63) is 110 Å². The van der Waals surface area contributed by atoms with E-state index in [0.29, 0.717) is 35.3 Å². The quantitative estimate of drug-likeness (QED) is 0.327. The first-order valence-electron chi connectivity index (χ1n) is 11.8. The Kier molecular flexibility index (Phi) is 5.34. The third-order valence-electron chi connectivity index (χ3n) is 7.31.